The Morgan fingerprint density at radius 1 is 1.32 bits per heavy atom. The van der Waals surface area contributed by atoms with E-state index in [0.29, 0.717) is 16.5 Å². The lowest BCUT2D eigenvalue weighted by atomic mass is 10.1. The molecule has 5 nitrogen and oxygen atoms in total. The molecule has 1 heterocycles. The lowest BCUT2D eigenvalue weighted by Gasteiger charge is -2.10. The average Bonchev–Trinajstić information content (AvgIpc) is 2.37. The smallest absolute Gasteiger partial charge is 0.239 e. The molecule has 1 aromatic carbocycles. The highest BCUT2D eigenvalue weighted by atomic mass is 35.5. The number of aromatic nitrogens is 1. The summed E-state index contributed by atoms with van der Waals surface area (Å²) < 4.78 is 23.4. The van der Waals surface area contributed by atoms with Gasteiger partial charge in [-0.25, -0.2) is 8.42 Å². The van der Waals surface area contributed by atoms with Crippen LogP contribution in [0.3, 0.4) is 0 Å². The van der Waals surface area contributed by atoms with E-state index in [1.165, 1.54) is 24.5 Å². The standard InChI is InChI=1S/C12H11ClN2O3S/c1-19(17,18)11-3-2-10(15-12(16)6-13)9-7-14-5-4-8(9)11/h2-5,7H,6H2,1H3,(H,15,16). The number of hydrogen-bond acceptors (Lipinski definition) is 4. The Labute approximate surface area is 115 Å². The third-order valence-corrected chi connectivity index (χ3v) is 3.97. The molecule has 19 heavy (non-hydrogen) atoms. The van der Waals surface area contributed by atoms with Gasteiger partial charge in [-0.1, -0.05) is 0 Å². The molecule has 1 amide bonds. The molecule has 0 aliphatic heterocycles. The minimum Gasteiger partial charge on any atom is -0.324 e. The maximum atomic E-state index is 11.7. The summed E-state index contributed by atoms with van der Waals surface area (Å²) in [6.07, 6.45) is 4.15. The average molecular weight is 299 g/mol. The second-order valence-electron chi connectivity index (χ2n) is 3.99. The number of sulfone groups is 1. The van der Waals surface area contributed by atoms with Crippen molar-refractivity contribution < 1.29 is 13.2 Å². The fourth-order valence-corrected chi connectivity index (χ4v) is 2.74. The number of carbonyl (C=O) groups is 1. The van der Waals surface area contributed by atoms with Crippen LogP contribution < -0.4 is 5.32 Å². The normalized spacial score (nSPS) is 11.5. The number of nitrogens with one attached hydrogen (secondary N) is 1. The van der Waals surface area contributed by atoms with Crippen LogP contribution in [0.25, 0.3) is 10.8 Å². The number of nitrogens with zero attached hydrogens (tertiary/aromatic N) is 1. The predicted molar refractivity (Wildman–Crippen MR) is 74.2 cm³/mol. The van der Waals surface area contributed by atoms with E-state index in [0.717, 1.165) is 6.26 Å². The van der Waals surface area contributed by atoms with E-state index in [2.05, 4.69) is 10.3 Å². The van der Waals surface area contributed by atoms with Crippen LogP contribution in [0.2, 0.25) is 0 Å². The fourth-order valence-electron chi connectivity index (χ4n) is 1.78. The molecule has 7 heteroatoms. The first-order chi connectivity index (χ1) is 8.93. The molecule has 0 unspecified atom stereocenters. The van der Waals surface area contributed by atoms with Crippen molar-refractivity contribution in [2.75, 3.05) is 17.5 Å². The van der Waals surface area contributed by atoms with Crippen LogP contribution in [0.15, 0.2) is 35.5 Å². The van der Waals surface area contributed by atoms with Gasteiger partial charge in [-0.2, -0.15) is 0 Å². The molecule has 0 radical (unpaired) electrons. The van der Waals surface area contributed by atoms with Gasteiger partial charge in [-0.3, -0.25) is 9.78 Å². The van der Waals surface area contributed by atoms with E-state index in [9.17, 15) is 13.2 Å². The molecule has 0 atom stereocenters. The van der Waals surface area contributed by atoms with Crippen LogP contribution in [0.4, 0.5) is 5.69 Å². The van der Waals surface area contributed by atoms with Crippen molar-refractivity contribution in [3.05, 3.63) is 30.6 Å². The van der Waals surface area contributed by atoms with E-state index in [1.807, 2.05) is 0 Å². The van der Waals surface area contributed by atoms with Crippen molar-refractivity contribution >= 4 is 43.8 Å². The maximum absolute atomic E-state index is 11.7. The number of carbonyl (C=O) groups excluding carboxylic acids is 1. The molecule has 2 rings (SSSR count). The zero-order valence-corrected chi connectivity index (χ0v) is 11.6. The molecule has 0 saturated heterocycles. The highest BCUT2D eigenvalue weighted by Gasteiger charge is 2.14. The summed E-state index contributed by atoms with van der Waals surface area (Å²) in [6.45, 7) is 0. The molecule has 0 spiro atoms. The van der Waals surface area contributed by atoms with Crippen molar-refractivity contribution in [1.82, 2.24) is 4.98 Å². The van der Waals surface area contributed by atoms with Gasteiger partial charge in [-0.15, -0.1) is 11.6 Å². The Morgan fingerprint density at radius 3 is 2.68 bits per heavy atom. The number of hydrogen-bond donors (Lipinski definition) is 1. The Balaban J connectivity index is 2.69. The van der Waals surface area contributed by atoms with Crippen molar-refractivity contribution in [3.63, 3.8) is 0 Å². The second kappa shape index (κ2) is 5.14. The summed E-state index contributed by atoms with van der Waals surface area (Å²) in [7, 11) is -3.35. The minimum absolute atomic E-state index is 0.171. The lowest BCUT2D eigenvalue weighted by Crippen LogP contribution is -2.13. The summed E-state index contributed by atoms with van der Waals surface area (Å²) >= 11 is 5.43. The molecule has 100 valence electrons. The van der Waals surface area contributed by atoms with E-state index in [4.69, 9.17) is 11.6 Å². The summed E-state index contributed by atoms with van der Waals surface area (Å²) in [4.78, 5) is 15.5. The van der Waals surface area contributed by atoms with E-state index in [1.54, 1.807) is 6.07 Å². The van der Waals surface area contributed by atoms with Gasteiger partial charge in [0.2, 0.25) is 5.91 Å². The molecular formula is C12H11ClN2O3S. The van der Waals surface area contributed by atoms with Gasteiger partial charge in [0.25, 0.3) is 0 Å². The Kier molecular flexibility index (Phi) is 3.73. The largest absolute Gasteiger partial charge is 0.324 e. The van der Waals surface area contributed by atoms with Crippen molar-refractivity contribution in [1.29, 1.82) is 0 Å². The summed E-state index contributed by atoms with van der Waals surface area (Å²) in [6, 6.07) is 4.59. The van der Waals surface area contributed by atoms with E-state index in [-0.39, 0.29) is 16.7 Å². The molecule has 0 fully saturated rings. The first-order valence-electron chi connectivity index (χ1n) is 5.36. The number of alkyl halides is 1. The second-order valence-corrected chi connectivity index (χ2v) is 6.24. The molecular weight excluding hydrogens is 288 g/mol. The SMILES string of the molecule is CS(=O)(=O)c1ccc(NC(=O)CCl)c2cnccc12. The van der Waals surface area contributed by atoms with Gasteiger partial charge in [-0.05, 0) is 18.2 Å². The van der Waals surface area contributed by atoms with E-state index < -0.39 is 9.84 Å². The van der Waals surface area contributed by atoms with Crippen LogP contribution in [-0.4, -0.2) is 31.4 Å². The predicted octanol–water partition coefficient (Wildman–Crippen LogP) is 1.82. The first kappa shape index (κ1) is 13.8. The molecule has 0 aliphatic rings. The maximum Gasteiger partial charge on any atom is 0.239 e. The van der Waals surface area contributed by atoms with Crippen LogP contribution in [0.1, 0.15) is 0 Å². The number of halogens is 1. The zero-order valence-electron chi connectivity index (χ0n) is 10.1. The van der Waals surface area contributed by atoms with Gasteiger partial charge in [0, 0.05) is 29.4 Å². The lowest BCUT2D eigenvalue weighted by molar-refractivity contribution is -0.113. The van der Waals surface area contributed by atoms with Crippen LogP contribution in [0, 0.1) is 0 Å². The Hall–Kier alpha value is -1.66. The van der Waals surface area contributed by atoms with Crippen molar-refractivity contribution in [2.45, 2.75) is 4.90 Å². The third-order valence-electron chi connectivity index (χ3n) is 2.57. The van der Waals surface area contributed by atoms with Gasteiger partial charge < -0.3 is 5.32 Å². The van der Waals surface area contributed by atoms with Crippen molar-refractivity contribution in [2.24, 2.45) is 0 Å². The van der Waals surface area contributed by atoms with Crippen molar-refractivity contribution in [3.8, 4) is 0 Å². The summed E-state index contributed by atoms with van der Waals surface area (Å²) in [5.74, 6) is -0.533. The monoisotopic (exact) mass is 298 g/mol. The molecule has 0 bridgehead atoms. The van der Waals surface area contributed by atoms with Gasteiger partial charge in [0.05, 0.1) is 10.6 Å². The highest BCUT2D eigenvalue weighted by Crippen LogP contribution is 2.28. The number of anilines is 1. The van der Waals surface area contributed by atoms with Crippen LogP contribution >= 0.6 is 11.6 Å². The Bertz CT molecular complexity index is 744. The third kappa shape index (κ3) is 2.85. The van der Waals surface area contributed by atoms with Crippen LogP contribution in [0.5, 0.6) is 0 Å². The summed E-state index contributed by atoms with van der Waals surface area (Å²) in [5, 5.41) is 3.69. The number of pyridine rings is 1. The molecule has 2 aromatic rings. The number of fused-ring (bicyclic) bond motifs is 1. The number of benzene rings is 1. The fraction of sp³-hybridized carbons (Fsp3) is 0.167. The molecule has 0 aliphatic carbocycles. The van der Waals surface area contributed by atoms with Gasteiger partial charge in [0.15, 0.2) is 9.84 Å². The summed E-state index contributed by atoms with van der Waals surface area (Å²) in [5.41, 5.74) is 0.487. The number of amides is 1. The number of rotatable bonds is 3. The quantitative estimate of drug-likeness (QED) is 0.877. The van der Waals surface area contributed by atoms with E-state index >= 15 is 0 Å². The molecule has 1 N–H and O–H groups in total. The van der Waals surface area contributed by atoms with Crippen LogP contribution in [-0.2, 0) is 14.6 Å². The molecule has 0 saturated carbocycles. The van der Waals surface area contributed by atoms with Gasteiger partial charge >= 0.3 is 0 Å². The Morgan fingerprint density at radius 2 is 2.05 bits per heavy atom. The first-order valence-corrected chi connectivity index (χ1v) is 7.78. The minimum atomic E-state index is -3.35. The highest BCUT2D eigenvalue weighted by molar-refractivity contribution is 7.91. The topological polar surface area (TPSA) is 76.1 Å². The zero-order chi connectivity index (χ0) is 14.0. The van der Waals surface area contributed by atoms with Gasteiger partial charge in [0.1, 0.15) is 5.88 Å². The molecule has 1 aromatic heterocycles.